The van der Waals surface area contributed by atoms with Gasteiger partial charge in [-0.3, -0.25) is 0 Å². The molecule has 0 bridgehead atoms. The third-order valence-corrected chi connectivity index (χ3v) is 4.95. The van der Waals surface area contributed by atoms with Crippen molar-refractivity contribution in [3.8, 4) is 36.4 Å². The number of benzene rings is 3. The minimum Gasteiger partial charge on any atom is -0.192 e. The molecule has 0 unspecified atom stereocenters. The molecule has 6 heteroatoms. The van der Waals surface area contributed by atoms with Gasteiger partial charge < -0.3 is 0 Å². The van der Waals surface area contributed by atoms with Crippen molar-refractivity contribution < 1.29 is 0 Å². The molecular weight excluding hydrogens is 420 g/mol. The first-order chi connectivity index (χ1) is 16.6. The average Bonchev–Trinajstić information content (AvgIpc) is 2.89. The molecule has 0 fully saturated rings. The summed E-state index contributed by atoms with van der Waals surface area (Å²) in [7, 11) is 0. The van der Waals surface area contributed by atoms with E-state index in [2.05, 4.69) is 24.3 Å². The first-order valence-corrected chi connectivity index (χ1v) is 9.79. The second kappa shape index (κ2) is 10.4. The van der Waals surface area contributed by atoms with Crippen molar-refractivity contribution in [1.29, 1.82) is 31.6 Å². The van der Waals surface area contributed by atoms with E-state index in [0.717, 1.165) is 0 Å². The highest BCUT2D eigenvalue weighted by atomic mass is 14.3. The molecule has 34 heavy (non-hydrogen) atoms. The summed E-state index contributed by atoms with van der Waals surface area (Å²) in [6, 6.07) is 24.9. The van der Waals surface area contributed by atoms with Crippen LogP contribution in [0.4, 0.5) is 0 Å². The van der Waals surface area contributed by atoms with E-state index in [0.29, 0.717) is 55.6 Å². The molecule has 154 valence electrons. The number of nitriles is 6. The zero-order valence-electron chi connectivity index (χ0n) is 17.6. The van der Waals surface area contributed by atoms with Crippen molar-refractivity contribution >= 4 is 24.3 Å². The Morgan fingerprint density at radius 2 is 0.706 bits per heavy atom. The summed E-state index contributed by atoms with van der Waals surface area (Å²) < 4.78 is 0. The van der Waals surface area contributed by atoms with Gasteiger partial charge in [0, 0.05) is 0 Å². The fourth-order valence-electron chi connectivity index (χ4n) is 3.21. The zero-order valence-corrected chi connectivity index (χ0v) is 17.6. The monoisotopic (exact) mass is 432 g/mol. The number of hydrogen-bond donors (Lipinski definition) is 0. The summed E-state index contributed by atoms with van der Waals surface area (Å²) in [4.78, 5) is 0. The molecular formula is C28H12N6. The molecule has 6 nitrogen and oxygen atoms in total. The summed E-state index contributed by atoms with van der Waals surface area (Å²) >= 11 is 0. The van der Waals surface area contributed by atoms with Crippen molar-refractivity contribution in [1.82, 2.24) is 0 Å². The third-order valence-electron chi connectivity index (χ3n) is 4.95. The molecule has 0 atom stereocenters. The summed E-state index contributed by atoms with van der Waals surface area (Å²) in [5.41, 5.74) is 4.15. The Labute approximate surface area is 196 Å². The van der Waals surface area contributed by atoms with Crippen molar-refractivity contribution in [2.45, 2.75) is 0 Å². The van der Waals surface area contributed by atoms with E-state index in [1.54, 1.807) is 72.8 Å². The Hall–Kier alpha value is -5.92. The first kappa shape index (κ1) is 22.8. The molecule has 0 aliphatic carbocycles. The van der Waals surface area contributed by atoms with Crippen molar-refractivity contribution in [3.05, 3.63) is 104 Å². The summed E-state index contributed by atoms with van der Waals surface area (Å²) in [6.45, 7) is 0. The van der Waals surface area contributed by atoms with E-state index in [9.17, 15) is 21.0 Å². The van der Waals surface area contributed by atoms with Gasteiger partial charge in [0.1, 0.15) is 0 Å². The smallest absolute Gasteiger partial charge is 0.0998 e. The SMILES string of the molecule is N#Cc1ccc(C#N)c(C=Cc2cc(C#N)c(C=Cc3cc(C#N)ccc3C#N)cc2C#N)c1. The van der Waals surface area contributed by atoms with E-state index in [-0.39, 0.29) is 0 Å². The predicted octanol–water partition coefficient (Wildman–Crippen LogP) is 5.26. The quantitative estimate of drug-likeness (QED) is 0.515. The van der Waals surface area contributed by atoms with Crippen LogP contribution in [0.3, 0.4) is 0 Å². The molecule has 0 heterocycles. The second-order valence-electron chi connectivity index (χ2n) is 6.97. The molecule has 0 saturated carbocycles. The highest BCUT2D eigenvalue weighted by Gasteiger charge is 2.08. The van der Waals surface area contributed by atoms with Crippen LogP contribution in [-0.4, -0.2) is 0 Å². The lowest BCUT2D eigenvalue weighted by Crippen LogP contribution is -1.91. The minimum absolute atomic E-state index is 0.302. The number of nitrogens with zero attached hydrogens (tertiary/aromatic N) is 6. The lowest BCUT2D eigenvalue weighted by atomic mass is 9.96. The third kappa shape index (κ3) is 4.86. The van der Waals surface area contributed by atoms with Gasteiger partial charge in [0.15, 0.2) is 0 Å². The molecule has 0 N–H and O–H groups in total. The lowest BCUT2D eigenvalue weighted by molar-refractivity contribution is 1.42. The van der Waals surface area contributed by atoms with E-state index in [1.807, 2.05) is 12.1 Å². The maximum Gasteiger partial charge on any atom is 0.0998 e. The molecule has 0 spiro atoms. The van der Waals surface area contributed by atoms with E-state index in [1.165, 1.54) is 0 Å². The van der Waals surface area contributed by atoms with E-state index >= 15 is 0 Å². The van der Waals surface area contributed by atoms with Gasteiger partial charge >= 0.3 is 0 Å². The van der Waals surface area contributed by atoms with Gasteiger partial charge in [0.25, 0.3) is 0 Å². The van der Waals surface area contributed by atoms with Gasteiger partial charge in [0.2, 0.25) is 0 Å². The van der Waals surface area contributed by atoms with Crippen LogP contribution in [-0.2, 0) is 0 Å². The van der Waals surface area contributed by atoms with Crippen LogP contribution >= 0.6 is 0 Å². The molecule has 0 radical (unpaired) electrons. The Kier molecular flexibility index (Phi) is 6.96. The van der Waals surface area contributed by atoms with Gasteiger partial charge in [0.05, 0.1) is 69.8 Å². The van der Waals surface area contributed by atoms with Gasteiger partial charge in [-0.2, -0.15) is 31.6 Å². The maximum atomic E-state index is 9.66. The highest BCUT2D eigenvalue weighted by molar-refractivity contribution is 5.80. The summed E-state index contributed by atoms with van der Waals surface area (Å²) in [6.07, 6.45) is 6.49. The van der Waals surface area contributed by atoms with Crippen LogP contribution in [0.2, 0.25) is 0 Å². The Morgan fingerprint density at radius 3 is 1.00 bits per heavy atom. The predicted molar refractivity (Wildman–Crippen MR) is 125 cm³/mol. The van der Waals surface area contributed by atoms with E-state index < -0.39 is 0 Å². The minimum atomic E-state index is 0.302. The standard InChI is InChI=1S/C28H12N6/c29-13-19-1-3-25(15-31)21(9-19)5-7-23-11-28(18-34)24(12-27(23)17-33)8-6-22-10-20(14-30)2-4-26(22)16-32/h1-12H. The molecule has 3 aromatic rings. The van der Waals surface area contributed by atoms with Crippen LogP contribution < -0.4 is 0 Å². The normalized spacial score (nSPS) is 9.94. The highest BCUT2D eigenvalue weighted by Crippen LogP contribution is 2.23. The van der Waals surface area contributed by atoms with Crippen molar-refractivity contribution in [2.24, 2.45) is 0 Å². The molecule has 0 aliphatic rings. The molecule has 0 amide bonds. The second-order valence-corrected chi connectivity index (χ2v) is 6.97. The fourth-order valence-corrected chi connectivity index (χ4v) is 3.21. The lowest BCUT2D eigenvalue weighted by Gasteiger charge is -2.05. The largest absolute Gasteiger partial charge is 0.192 e. The van der Waals surface area contributed by atoms with Gasteiger partial charge in [-0.15, -0.1) is 0 Å². The maximum absolute atomic E-state index is 9.66. The molecule has 0 saturated heterocycles. The molecule has 3 rings (SSSR count). The van der Waals surface area contributed by atoms with Crippen LogP contribution in [0, 0.1) is 68.0 Å². The number of rotatable bonds is 4. The van der Waals surface area contributed by atoms with E-state index in [4.69, 9.17) is 10.5 Å². The van der Waals surface area contributed by atoms with Crippen LogP contribution in [0.1, 0.15) is 55.6 Å². The number of hydrogen-bond acceptors (Lipinski definition) is 6. The topological polar surface area (TPSA) is 143 Å². The zero-order chi connectivity index (χ0) is 24.5. The molecule has 3 aromatic carbocycles. The molecule has 0 aromatic heterocycles. The van der Waals surface area contributed by atoms with Gasteiger partial charge in [-0.05, 0) is 70.8 Å². The Bertz CT molecular complexity index is 1490. The Balaban J connectivity index is 2.05. The van der Waals surface area contributed by atoms with Crippen molar-refractivity contribution in [3.63, 3.8) is 0 Å². The fraction of sp³-hybridized carbons (Fsp3) is 0. The first-order valence-electron chi connectivity index (χ1n) is 9.79. The van der Waals surface area contributed by atoms with Gasteiger partial charge in [-0.1, -0.05) is 24.3 Å². The summed E-state index contributed by atoms with van der Waals surface area (Å²) in [5, 5.41) is 56.2. The molecule has 0 aliphatic heterocycles. The van der Waals surface area contributed by atoms with Crippen molar-refractivity contribution in [2.75, 3.05) is 0 Å². The summed E-state index contributed by atoms with van der Waals surface area (Å²) in [5.74, 6) is 0. The van der Waals surface area contributed by atoms with Crippen LogP contribution in [0.25, 0.3) is 24.3 Å². The van der Waals surface area contributed by atoms with Crippen LogP contribution in [0.15, 0.2) is 48.5 Å². The van der Waals surface area contributed by atoms with Crippen LogP contribution in [0.5, 0.6) is 0 Å². The van der Waals surface area contributed by atoms with Gasteiger partial charge in [-0.25, -0.2) is 0 Å². The average molecular weight is 432 g/mol. The Morgan fingerprint density at radius 1 is 0.382 bits per heavy atom.